The minimum Gasteiger partial charge on any atom is -0.369 e. The van der Waals surface area contributed by atoms with Crippen LogP contribution in [0.5, 0.6) is 0 Å². The van der Waals surface area contributed by atoms with Gasteiger partial charge in [0.2, 0.25) is 5.91 Å². The molecule has 0 saturated carbocycles. The highest BCUT2D eigenvalue weighted by atomic mass is 16.5. The summed E-state index contributed by atoms with van der Waals surface area (Å²) < 4.78 is 6.24. The third-order valence-corrected chi connectivity index (χ3v) is 4.82. The van der Waals surface area contributed by atoms with E-state index < -0.39 is 0 Å². The number of nitrogens with zero attached hydrogens (tertiary/aromatic N) is 1. The molecule has 138 valence electrons. The fourth-order valence-corrected chi connectivity index (χ4v) is 3.38. The van der Waals surface area contributed by atoms with Gasteiger partial charge in [-0.05, 0) is 56.1 Å². The first kappa shape index (κ1) is 18.6. The summed E-state index contributed by atoms with van der Waals surface area (Å²) in [6.07, 6.45) is 3.71. The Hall–Kier alpha value is -2.17. The molecule has 1 heterocycles. The second-order valence-electron chi connectivity index (χ2n) is 6.77. The monoisotopic (exact) mass is 352 g/mol. The van der Waals surface area contributed by atoms with Crippen molar-refractivity contribution in [3.63, 3.8) is 0 Å². The Morgan fingerprint density at radius 1 is 1.12 bits per heavy atom. The summed E-state index contributed by atoms with van der Waals surface area (Å²) in [6.45, 7) is 2.26. The van der Waals surface area contributed by atoms with Gasteiger partial charge in [-0.1, -0.05) is 42.5 Å². The van der Waals surface area contributed by atoms with Crippen LogP contribution in [-0.2, 0) is 16.1 Å². The van der Waals surface area contributed by atoms with Gasteiger partial charge in [0.05, 0.1) is 12.7 Å². The third-order valence-electron chi connectivity index (χ3n) is 4.82. The van der Waals surface area contributed by atoms with Gasteiger partial charge < -0.3 is 15.0 Å². The molecule has 1 aliphatic heterocycles. The van der Waals surface area contributed by atoms with Crippen LogP contribution in [-0.4, -0.2) is 26.0 Å². The fourth-order valence-electron chi connectivity index (χ4n) is 3.38. The minimum absolute atomic E-state index is 0.0592. The minimum atomic E-state index is 0.0592. The summed E-state index contributed by atoms with van der Waals surface area (Å²) in [5, 5.41) is 3.20. The fraction of sp³-hybridized carbons (Fsp3) is 0.409. The molecule has 1 fully saturated rings. The number of anilines is 1. The SMILES string of the molecule is CNCCC(OCc1cccc(N2CCCCC2=O)c1)c1ccccc1. The molecule has 1 unspecified atom stereocenters. The van der Waals surface area contributed by atoms with E-state index in [1.165, 1.54) is 5.56 Å². The van der Waals surface area contributed by atoms with E-state index in [4.69, 9.17) is 4.74 Å². The average molecular weight is 352 g/mol. The molecule has 0 radical (unpaired) electrons. The van der Waals surface area contributed by atoms with Gasteiger partial charge >= 0.3 is 0 Å². The van der Waals surface area contributed by atoms with Crippen LogP contribution in [0, 0.1) is 0 Å². The highest BCUT2D eigenvalue weighted by Crippen LogP contribution is 2.25. The van der Waals surface area contributed by atoms with Gasteiger partial charge in [0.25, 0.3) is 0 Å². The van der Waals surface area contributed by atoms with E-state index in [2.05, 4.69) is 29.6 Å². The van der Waals surface area contributed by atoms with Crippen molar-refractivity contribution in [2.75, 3.05) is 25.0 Å². The Morgan fingerprint density at radius 2 is 1.96 bits per heavy atom. The van der Waals surface area contributed by atoms with Crippen molar-refractivity contribution in [2.24, 2.45) is 0 Å². The zero-order valence-electron chi connectivity index (χ0n) is 15.5. The van der Waals surface area contributed by atoms with Crippen molar-refractivity contribution in [3.05, 3.63) is 65.7 Å². The molecule has 4 heteroatoms. The number of amides is 1. The van der Waals surface area contributed by atoms with E-state index in [1.54, 1.807) is 0 Å². The van der Waals surface area contributed by atoms with Crippen LogP contribution in [0.25, 0.3) is 0 Å². The first-order valence-electron chi connectivity index (χ1n) is 9.48. The maximum atomic E-state index is 12.2. The molecule has 1 N–H and O–H groups in total. The maximum Gasteiger partial charge on any atom is 0.226 e. The number of ether oxygens (including phenoxy) is 1. The Balaban J connectivity index is 1.67. The third kappa shape index (κ3) is 4.93. The van der Waals surface area contributed by atoms with Crippen molar-refractivity contribution >= 4 is 11.6 Å². The zero-order chi connectivity index (χ0) is 18.2. The summed E-state index contributed by atoms with van der Waals surface area (Å²) >= 11 is 0. The van der Waals surface area contributed by atoms with Crippen LogP contribution < -0.4 is 10.2 Å². The number of nitrogens with one attached hydrogen (secondary N) is 1. The van der Waals surface area contributed by atoms with Crippen molar-refractivity contribution in [3.8, 4) is 0 Å². The van der Waals surface area contributed by atoms with Crippen molar-refractivity contribution in [2.45, 2.75) is 38.4 Å². The van der Waals surface area contributed by atoms with E-state index in [0.717, 1.165) is 43.6 Å². The molecule has 1 saturated heterocycles. The molecule has 4 nitrogen and oxygen atoms in total. The highest BCUT2D eigenvalue weighted by Gasteiger charge is 2.19. The van der Waals surface area contributed by atoms with Crippen LogP contribution in [0.3, 0.4) is 0 Å². The number of hydrogen-bond acceptors (Lipinski definition) is 3. The van der Waals surface area contributed by atoms with Gasteiger partial charge in [-0.2, -0.15) is 0 Å². The van der Waals surface area contributed by atoms with E-state index >= 15 is 0 Å². The summed E-state index contributed by atoms with van der Waals surface area (Å²) in [6, 6.07) is 18.5. The summed E-state index contributed by atoms with van der Waals surface area (Å²) in [7, 11) is 1.96. The summed E-state index contributed by atoms with van der Waals surface area (Å²) in [5.74, 6) is 0.227. The first-order valence-corrected chi connectivity index (χ1v) is 9.48. The van der Waals surface area contributed by atoms with Crippen molar-refractivity contribution in [1.82, 2.24) is 5.32 Å². The highest BCUT2D eigenvalue weighted by molar-refractivity contribution is 5.94. The Morgan fingerprint density at radius 3 is 2.73 bits per heavy atom. The maximum absolute atomic E-state index is 12.2. The molecule has 0 aliphatic carbocycles. The predicted octanol–water partition coefficient (Wildman–Crippen LogP) is 4.07. The smallest absolute Gasteiger partial charge is 0.226 e. The van der Waals surface area contributed by atoms with E-state index in [0.29, 0.717) is 13.0 Å². The number of benzene rings is 2. The second kappa shape index (κ2) is 9.51. The van der Waals surface area contributed by atoms with Crippen LogP contribution >= 0.6 is 0 Å². The van der Waals surface area contributed by atoms with Gasteiger partial charge in [-0.25, -0.2) is 0 Å². The number of piperidine rings is 1. The van der Waals surface area contributed by atoms with Gasteiger partial charge in [0.15, 0.2) is 0 Å². The lowest BCUT2D eigenvalue weighted by atomic mass is 10.1. The normalized spacial score (nSPS) is 15.9. The molecule has 1 aliphatic rings. The molecule has 0 bridgehead atoms. The van der Waals surface area contributed by atoms with Crippen LogP contribution in [0.1, 0.15) is 42.9 Å². The predicted molar refractivity (Wildman–Crippen MR) is 105 cm³/mol. The van der Waals surface area contributed by atoms with Gasteiger partial charge in [-0.3, -0.25) is 4.79 Å². The molecule has 2 aromatic carbocycles. The number of rotatable bonds is 8. The standard InChI is InChI=1S/C22H28N2O2/c1-23-14-13-21(19-9-3-2-4-10-19)26-17-18-8-7-11-20(16-18)24-15-6-5-12-22(24)25/h2-4,7-11,16,21,23H,5-6,12-15,17H2,1H3. The lowest BCUT2D eigenvalue weighted by Gasteiger charge is -2.27. The summed E-state index contributed by atoms with van der Waals surface area (Å²) in [5.41, 5.74) is 3.29. The molecule has 0 aromatic heterocycles. The molecule has 1 atom stereocenters. The van der Waals surface area contributed by atoms with Crippen molar-refractivity contribution < 1.29 is 9.53 Å². The molecule has 3 rings (SSSR count). The molecular formula is C22H28N2O2. The van der Waals surface area contributed by atoms with Crippen LogP contribution in [0.2, 0.25) is 0 Å². The Labute approximate surface area is 156 Å². The van der Waals surface area contributed by atoms with Gasteiger partial charge in [0, 0.05) is 18.7 Å². The number of carbonyl (C=O) groups excluding carboxylic acids is 1. The molecular weight excluding hydrogens is 324 g/mol. The molecule has 2 aromatic rings. The zero-order valence-corrected chi connectivity index (χ0v) is 15.5. The van der Waals surface area contributed by atoms with Gasteiger partial charge in [-0.15, -0.1) is 0 Å². The number of hydrogen-bond donors (Lipinski definition) is 1. The Kier molecular flexibility index (Phi) is 6.81. The van der Waals surface area contributed by atoms with E-state index in [9.17, 15) is 4.79 Å². The average Bonchev–Trinajstić information content (AvgIpc) is 2.69. The lowest BCUT2D eigenvalue weighted by Crippen LogP contribution is -2.35. The lowest BCUT2D eigenvalue weighted by molar-refractivity contribution is -0.119. The van der Waals surface area contributed by atoms with Gasteiger partial charge in [0.1, 0.15) is 0 Å². The van der Waals surface area contributed by atoms with Crippen molar-refractivity contribution in [1.29, 1.82) is 0 Å². The molecule has 0 spiro atoms. The van der Waals surface area contributed by atoms with Crippen LogP contribution in [0.15, 0.2) is 54.6 Å². The topological polar surface area (TPSA) is 41.6 Å². The van der Waals surface area contributed by atoms with E-state index in [-0.39, 0.29) is 12.0 Å². The number of carbonyl (C=O) groups is 1. The van der Waals surface area contributed by atoms with Crippen LogP contribution in [0.4, 0.5) is 5.69 Å². The van der Waals surface area contributed by atoms with E-state index in [1.807, 2.05) is 42.3 Å². The first-order chi connectivity index (χ1) is 12.8. The Bertz CT molecular complexity index is 702. The summed E-state index contributed by atoms with van der Waals surface area (Å²) in [4.78, 5) is 14.1. The molecule has 26 heavy (non-hydrogen) atoms. The largest absolute Gasteiger partial charge is 0.369 e. The second-order valence-corrected chi connectivity index (χ2v) is 6.77. The molecule has 1 amide bonds. The quantitative estimate of drug-likeness (QED) is 0.779.